The topological polar surface area (TPSA) is 88.2 Å². The monoisotopic (exact) mass is 401 g/mol. The number of carbonyl (C=O) groups is 1. The van der Waals surface area contributed by atoms with Crippen LogP contribution in [0.1, 0.15) is 15.9 Å². The van der Waals surface area contributed by atoms with Crippen molar-refractivity contribution in [3.63, 3.8) is 0 Å². The number of aryl methyl sites for hydroxylation is 1. The van der Waals surface area contributed by atoms with Crippen LogP contribution in [0.5, 0.6) is 0 Å². The lowest BCUT2D eigenvalue weighted by Gasteiger charge is -2.12. The Bertz CT molecular complexity index is 1090. The van der Waals surface area contributed by atoms with Gasteiger partial charge in [-0.2, -0.15) is 0 Å². The minimum absolute atomic E-state index is 0.124. The van der Waals surface area contributed by atoms with Crippen LogP contribution in [-0.2, 0) is 10.0 Å². The van der Waals surface area contributed by atoms with Crippen LogP contribution in [0.15, 0.2) is 71.9 Å². The van der Waals surface area contributed by atoms with Crippen LogP contribution in [-0.4, -0.2) is 19.3 Å². The number of carbonyl (C=O) groups excluding carboxylic acids is 1. The number of pyridine rings is 1. The van der Waals surface area contributed by atoms with Gasteiger partial charge in [0.15, 0.2) is 0 Å². The molecule has 27 heavy (non-hydrogen) atoms. The van der Waals surface area contributed by atoms with Crippen molar-refractivity contribution in [1.29, 1.82) is 0 Å². The van der Waals surface area contributed by atoms with Gasteiger partial charge in [-0.1, -0.05) is 17.7 Å². The Hall–Kier alpha value is -2.90. The van der Waals surface area contributed by atoms with Crippen molar-refractivity contribution in [2.45, 2.75) is 11.8 Å². The summed E-state index contributed by atoms with van der Waals surface area (Å²) in [7, 11) is -3.81. The molecule has 0 atom stereocenters. The number of hydrogen-bond acceptors (Lipinski definition) is 4. The van der Waals surface area contributed by atoms with Crippen molar-refractivity contribution in [3.8, 4) is 0 Å². The molecule has 0 aliphatic rings. The molecule has 1 aromatic heterocycles. The fourth-order valence-corrected chi connectivity index (χ4v) is 3.99. The summed E-state index contributed by atoms with van der Waals surface area (Å²) < 4.78 is 27.8. The Morgan fingerprint density at radius 1 is 1.00 bits per heavy atom. The predicted octanol–water partition coefficient (Wildman–Crippen LogP) is 4.10. The Labute approximate surface area is 162 Å². The molecule has 8 heteroatoms. The number of nitrogens with one attached hydrogen (secondary N) is 2. The quantitative estimate of drug-likeness (QED) is 0.673. The first-order valence-corrected chi connectivity index (χ1v) is 9.82. The van der Waals surface area contributed by atoms with E-state index in [4.69, 9.17) is 11.6 Å². The second kappa shape index (κ2) is 7.77. The first-order chi connectivity index (χ1) is 12.8. The Kier molecular flexibility index (Phi) is 5.43. The second-order valence-corrected chi connectivity index (χ2v) is 7.87. The first-order valence-electron chi connectivity index (χ1n) is 7.95. The van der Waals surface area contributed by atoms with Crippen LogP contribution in [0, 0.1) is 6.92 Å². The smallest absolute Gasteiger partial charge is 0.262 e. The highest BCUT2D eigenvalue weighted by Crippen LogP contribution is 2.23. The highest BCUT2D eigenvalue weighted by molar-refractivity contribution is 7.92. The molecule has 0 radical (unpaired) electrons. The first kappa shape index (κ1) is 18.9. The van der Waals surface area contributed by atoms with Crippen LogP contribution in [0.25, 0.3) is 0 Å². The minimum Gasteiger partial charge on any atom is -0.322 e. The molecule has 6 nitrogen and oxygen atoms in total. The van der Waals surface area contributed by atoms with Crippen molar-refractivity contribution in [2.75, 3.05) is 10.0 Å². The van der Waals surface area contributed by atoms with Gasteiger partial charge in [-0.25, -0.2) is 8.42 Å². The molecule has 0 fully saturated rings. The number of halogens is 1. The minimum atomic E-state index is -3.81. The zero-order chi connectivity index (χ0) is 19.4. The van der Waals surface area contributed by atoms with Gasteiger partial charge in [-0.3, -0.25) is 14.5 Å². The number of nitrogens with zero attached hydrogens (tertiary/aromatic N) is 1. The fourth-order valence-electron chi connectivity index (χ4n) is 2.49. The van der Waals surface area contributed by atoms with E-state index in [1.807, 2.05) is 0 Å². The SMILES string of the molecule is Cc1cc(Cl)ccc1S(=O)(=O)Nc1cccc(C(=O)Nc2ccncc2)c1. The van der Waals surface area contributed by atoms with Crippen molar-refractivity contribution in [3.05, 3.63) is 83.1 Å². The van der Waals surface area contributed by atoms with E-state index >= 15 is 0 Å². The van der Waals surface area contributed by atoms with Gasteiger partial charge in [0.2, 0.25) is 0 Å². The van der Waals surface area contributed by atoms with Gasteiger partial charge in [-0.05, 0) is 61.0 Å². The normalized spacial score (nSPS) is 11.0. The number of hydrogen-bond donors (Lipinski definition) is 2. The molecule has 0 spiro atoms. The van der Waals surface area contributed by atoms with E-state index in [-0.39, 0.29) is 16.5 Å². The maximum atomic E-state index is 12.6. The predicted molar refractivity (Wildman–Crippen MR) is 106 cm³/mol. The summed E-state index contributed by atoms with van der Waals surface area (Å²) in [6.45, 7) is 1.67. The summed E-state index contributed by atoms with van der Waals surface area (Å²) in [4.78, 5) is 16.4. The maximum Gasteiger partial charge on any atom is 0.262 e. The van der Waals surface area contributed by atoms with E-state index in [0.29, 0.717) is 21.8 Å². The average Bonchev–Trinajstić information content (AvgIpc) is 2.62. The molecule has 3 rings (SSSR count). The summed E-state index contributed by atoms with van der Waals surface area (Å²) in [5.41, 5.74) is 1.73. The molecule has 0 saturated heterocycles. The lowest BCUT2D eigenvalue weighted by atomic mass is 10.2. The zero-order valence-corrected chi connectivity index (χ0v) is 15.9. The van der Waals surface area contributed by atoms with Crippen molar-refractivity contribution >= 4 is 38.9 Å². The zero-order valence-electron chi connectivity index (χ0n) is 14.3. The van der Waals surface area contributed by atoms with E-state index < -0.39 is 10.0 Å². The molecule has 0 aliphatic heterocycles. The van der Waals surface area contributed by atoms with Gasteiger partial charge in [0.1, 0.15) is 0 Å². The molecule has 3 aromatic rings. The summed E-state index contributed by atoms with van der Waals surface area (Å²) in [5.74, 6) is -0.357. The highest BCUT2D eigenvalue weighted by atomic mass is 35.5. The number of aromatic nitrogens is 1. The maximum absolute atomic E-state index is 12.6. The average molecular weight is 402 g/mol. The van der Waals surface area contributed by atoms with Crippen LogP contribution in [0.2, 0.25) is 5.02 Å². The standard InChI is InChI=1S/C19H16ClN3O3S/c1-13-11-15(20)5-6-18(13)27(25,26)23-17-4-2-3-14(12-17)19(24)22-16-7-9-21-10-8-16/h2-12,23H,1H3,(H,21,22,24). The van der Waals surface area contributed by atoms with Crippen LogP contribution < -0.4 is 10.0 Å². The van der Waals surface area contributed by atoms with Crippen molar-refractivity contribution < 1.29 is 13.2 Å². The van der Waals surface area contributed by atoms with Gasteiger partial charge >= 0.3 is 0 Å². The molecule has 2 N–H and O–H groups in total. The molecular formula is C19H16ClN3O3S. The summed E-state index contributed by atoms with van der Waals surface area (Å²) in [5, 5.41) is 3.18. The number of anilines is 2. The number of sulfonamides is 1. The molecule has 0 unspecified atom stereocenters. The third-order valence-corrected chi connectivity index (χ3v) is 5.52. The molecule has 0 aliphatic carbocycles. The largest absolute Gasteiger partial charge is 0.322 e. The summed E-state index contributed by atoms with van der Waals surface area (Å²) in [6.07, 6.45) is 3.13. The van der Waals surface area contributed by atoms with E-state index in [9.17, 15) is 13.2 Å². The van der Waals surface area contributed by atoms with Gasteiger partial charge in [0.05, 0.1) is 4.90 Å². The van der Waals surface area contributed by atoms with Gasteiger partial charge in [-0.15, -0.1) is 0 Å². The van der Waals surface area contributed by atoms with E-state index in [1.54, 1.807) is 55.7 Å². The lowest BCUT2D eigenvalue weighted by Crippen LogP contribution is -2.16. The van der Waals surface area contributed by atoms with Gasteiger partial charge in [0, 0.05) is 34.4 Å². The second-order valence-electron chi connectivity index (χ2n) is 5.79. The third kappa shape index (κ3) is 4.64. The Morgan fingerprint density at radius 2 is 1.74 bits per heavy atom. The molecule has 138 valence electrons. The van der Waals surface area contributed by atoms with Crippen LogP contribution in [0.4, 0.5) is 11.4 Å². The molecular weight excluding hydrogens is 386 g/mol. The summed E-state index contributed by atoms with van der Waals surface area (Å²) in [6, 6.07) is 14.1. The third-order valence-electron chi connectivity index (χ3n) is 3.74. The molecule has 1 amide bonds. The van der Waals surface area contributed by atoms with E-state index in [2.05, 4.69) is 15.0 Å². The van der Waals surface area contributed by atoms with Crippen molar-refractivity contribution in [2.24, 2.45) is 0 Å². The van der Waals surface area contributed by atoms with Crippen LogP contribution in [0.3, 0.4) is 0 Å². The van der Waals surface area contributed by atoms with Crippen LogP contribution >= 0.6 is 11.6 Å². The van der Waals surface area contributed by atoms with Gasteiger partial charge in [0.25, 0.3) is 15.9 Å². The molecule has 0 saturated carbocycles. The van der Waals surface area contributed by atoms with Gasteiger partial charge < -0.3 is 5.32 Å². The number of amides is 1. The van der Waals surface area contributed by atoms with E-state index in [0.717, 1.165) is 0 Å². The number of rotatable bonds is 5. The number of benzene rings is 2. The molecule has 1 heterocycles. The Morgan fingerprint density at radius 3 is 2.44 bits per heavy atom. The lowest BCUT2D eigenvalue weighted by molar-refractivity contribution is 0.102. The summed E-state index contributed by atoms with van der Waals surface area (Å²) >= 11 is 5.89. The van der Waals surface area contributed by atoms with Crippen molar-refractivity contribution in [1.82, 2.24) is 4.98 Å². The molecule has 2 aromatic carbocycles. The highest BCUT2D eigenvalue weighted by Gasteiger charge is 2.18. The Balaban J connectivity index is 1.82. The fraction of sp³-hybridized carbons (Fsp3) is 0.0526. The van der Waals surface area contributed by atoms with E-state index in [1.165, 1.54) is 18.2 Å². The molecule has 0 bridgehead atoms.